The van der Waals surface area contributed by atoms with Crippen molar-refractivity contribution < 1.29 is 9.53 Å². The van der Waals surface area contributed by atoms with Crippen LogP contribution >= 0.6 is 23.8 Å². The Morgan fingerprint density at radius 2 is 2.10 bits per heavy atom. The predicted octanol–water partition coefficient (Wildman–Crippen LogP) is 4.37. The van der Waals surface area contributed by atoms with Crippen molar-refractivity contribution in [3.8, 4) is 5.69 Å². The first-order valence-corrected chi connectivity index (χ1v) is 10.9. The number of hydrogen-bond donors (Lipinski definition) is 1. The monoisotopic (exact) mass is 454 g/mol. The zero-order valence-corrected chi connectivity index (χ0v) is 18.9. The number of aryl methyl sites for hydroxylation is 1. The van der Waals surface area contributed by atoms with Crippen LogP contribution in [-0.2, 0) is 9.53 Å². The van der Waals surface area contributed by atoms with E-state index < -0.39 is 0 Å². The Bertz CT molecular complexity index is 1100. The Morgan fingerprint density at radius 1 is 1.26 bits per heavy atom. The normalized spacial score (nSPS) is 18.2. The van der Waals surface area contributed by atoms with Gasteiger partial charge in [0.15, 0.2) is 5.11 Å². The van der Waals surface area contributed by atoms with Crippen molar-refractivity contribution in [2.45, 2.75) is 25.9 Å². The molecule has 1 aliphatic rings. The van der Waals surface area contributed by atoms with Crippen molar-refractivity contribution in [3.63, 3.8) is 0 Å². The van der Waals surface area contributed by atoms with Crippen molar-refractivity contribution in [3.05, 3.63) is 82.9 Å². The van der Waals surface area contributed by atoms with Crippen LogP contribution < -0.4 is 5.32 Å². The van der Waals surface area contributed by atoms with E-state index in [0.29, 0.717) is 11.7 Å². The number of pyridine rings is 1. The van der Waals surface area contributed by atoms with E-state index in [4.69, 9.17) is 28.6 Å². The van der Waals surface area contributed by atoms with E-state index in [0.717, 1.165) is 27.7 Å². The fraction of sp³-hybridized carbons (Fsp3) is 0.261. The minimum Gasteiger partial charge on any atom is -0.465 e. The van der Waals surface area contributed by atoms with Gasteiger partial charge in [0.2, 0.25) is 0 Å². The van der Waals surface area contributed by atoms with Gasteiger partial charge in [-0.1, -0.05) is 17.7 Å². The molecule has 31 heavy (non-hydrogen) atoms. The van der Waals surface area contributed by atoms with Gasteiger partial charge in [0, 0.05) is 28.8 Å². The van der Waals surface area contributed by atoms with Crippen molar-refractivity contribution >= 4 is 34.9 Å². The van der Waals surface area contributed by atoms with E-state index in [9.17, 15) is 4.79 Å². The molecule has 4 rings (SSSR count). The summed E-state index contributed by atoms with van der Waals surface area (Å²) in [6.45, 7) is 4.14. The highest BCUT2D eigenvalue weighted by Gasteiger charge is 2.42. The Kier molecular flexibility index (Phi) is 6.25. The van der Waals surface area contributed by atoms with Gasteiger partial charge in [0.05, 0.1) is 24.4 Å². The number of carbonyl (C=O) groups is 1. The first-order valence-electron chi connectivity index (χ1n) is 10.1. The molecule has 2 atom stereocenters. The zero-order chi connectivity index (χ0) is 22.0. The maximum Gasteiger partial charge on any atom is 0.325 e. The van der Waals surface area contributed by atoms with Gasteiger partial charge in [-0.2, -0.15) is 0 Å². The second-order valence-corrected chi connectivity index (χ2v) is 8.09. The van der Waals surface area contributed by atoms with Crippen LogP contribution in [0.15, 0.2) is 60.9 Å². The van der Waals surface area contributed by atoms with Gasteiger partial charge in [-0.05, 0) is 74.1 Å². The summed E-state index contributed by atoms with van der Waals surface area (Å²) >= 11 is 11.9. The van der Waals surface area contributed by atoms with E-state index in [-0.39, 0.29) is 24.6 Å². The number of rotatable bonds is 6. The molecule has 1 N–H and O–H groups in total. The smallest absolute Gasteiger partial charge is 0.325 e. The highest BCUT2D eigenvalue weighted by atomic mass is 35.5. The molecule has 3 aromatic rings. The number of nitrogens with zero attached hydrogens (tertiary/aromatic N) is 3. The second-order valence-electron chi connectivity index (χ2n) is 7.30. The maximum absolute atomic E-state index is 12.4. The Hall–Kier alpha value is -2.90. The SMILES string of the molecule is CCOC(=O)CN1C(=S)N[C@H](c2ccccn2)[C@@H]1c1cccn1-c1ccc(Cl)c(C)c1. The molecule has 0 saturated carbocycles. The number of halogens is 1. The van der Waals surface area contributed by atoms with Gasteiger partial charge >= 0.3 is 5.97 Å². The molecule has 160 valence electrons. The Labute approximate surface area is 191 Å². The van der Waals surface area contributed by atoms with E-state index in [1.54, 1.807) is 13.1 Å². The van der Waals surface area contributed by atoms with Crippen LogP contribution in [0.2, 0.25) is 5.02 Å². The fourth-order valence-corrected chi connectivity index (χ4v) is 4.31. The lowest BCUT2D eigenvalue weighted by atomic mass is 10.0. The number of thiocarbonyl (C=S) groups is 1. The summed E-state index contributed by atoms with van der Waals surface area (Å²) in [6, 6.07) is 15.2. The molecule has 0 aliphatic carbocycles. The molecule has 1 aliphatic heterocycles. The fourth-order valence-electron chi connectivity index (χ4n) is 3.89. The summed E-state index contributed by atoms with van der Waals surface area (Å²) in [7, 11) is 0. The lowest BCUT2D eigenvalue weighted by Gasteiger charge is -2.28. The molecule has 8 heteroatoms. The number of nitrogens with one attached hydrogen (secondary N) is 1. The summed E-state index contributed by atoms with van der Waals surface area (Å²) < 4.78 is 7.29. The molecule has 0 spiro atoms. The van der Waals surface area contributed by atoms with Gasteiger partial charge in [0.25, 0.3) is 0 Å². The number of ether oxygens (including phenoxy) is 1. The van der Waals surface area contributed by atoms with Crippen LogP contribution in [0.25, 0.3) is 5.69 Å². The van der Waals surface area contributed by atoms with E-state index in [1.807, 2.05) is 66.6 Å². The second kappa shape index (κ2) is 9.08. The third-order valence-corrected chi connectivity index (χ3v) is 6.08. The molecule has 6 nitrogen and oxygen atoms in total. The molecule has 1 fully saturated rings. The third-order valence-electron chi connectivity index (χ3n) is 5.31. The van der Waals surface area contributed by atoms with Gasteiger partial charge in [-0.25, -0.2) is 0 Å². The van der Waals surface area contributed by atoms with Crippen LogP contribution in [0.4, 0.5) is 0 Å². The van der Waals surface area contributed by atoms with Gasteiger partial charge in [-0.15, -0.1) is 0 Å². The topological polar surface area (TPSA) is 59.4 Å². The molecule has 0 bridgehead atoms. The van der Waals surface area contributed by atoms with Crippen LogP contribution in [0.1, 0.15) is 36.0 Å². The first kappa shape index (κ1) is 21.3. The summed E-state index contributed by atoms with van der Waals surface area (Å²) in [5.41, 5.74) is 3.80. The van der Waals surface area contributed by atoms with Gasteiger partial charge in [0.1, 0.15) is 6.54 Å². The van der Waals surface area contributed by atoms with E-state index in [1.165, 1.54) is 0 Å². The minimum atomic E-state index is -0.321. The summed E-state index contributed by atoms with van der Waals surface area (Å²) in [6.07, 6.45) is 3.75. The average Bonchev–Trinajstić information content (AvgIpc) is 3.36. The predicted molar refractivity (Wildman–Crippen MR) is 124 cm³/mol. The van der Waals surface area contributed by atoms with Crippen molar-refractivity contribution in [2.75, 3.05) is 13.2 Å². The van der Waals surface area contributed by atoms with Crippen LogP contribution in [0.3, 0.4) is 0 Å². The average molecular weight is 455 g/mol. The van der Waals surface area contributed by atoms with Crippen molar-refractivity contribution in [2.24, 2.45) is 0 Å². The number of carbonyl (C=O) groups excluding carboxylic acids is 1. The maximum atomic E-state index is 12.4. The Balaban J connectivity index is 1.79. The third kappa shape index (κ3) is 4.29. The minimum absolute atomic E-state index is 0.0541. The number of benzene rings is 1. The molecule has 1 aromatic carbocycles. The number of aromatic nitrogens is 2. The van der Waals surface area contributed by atoms with E-state index in [2.05, 4.69) is 14.9 Å². The molecule has 0 unspecified atom stereocenters. The molecule has 3 heterocycles. The molecular formula is C23H23ClN4O2S. The molecule has 0 amide bonds. The van der Waals surface area contributed by atoms with Crippen molar-refractivity contribution in [1.82, 2.24) is 19.8 Å². The van der Waals surface area contributed by atoms with Gasteiger partial charge in [-0.3, -0.25) is 9.78 Å². The highest BCUT2D eigenvalue weighted by Crippen LogP contribution is 2.39. The summed E-state index contributed by atoms with van der Waals surface area (Å²) in [4.78, 5) is 18.8. The lowest BCUT2D eigenvalue weighted by Crippen LogP contribution is -2.36. The standard InChI is InChI=1S/C23H23ClN4O2S/c1-3-30-20(29)14-28-22(21(26-23(28)31)18-7-4-5-11-25-18)19-8-6-12-27(19)16-9-10-17(24)15(2)13-16/h4-13,21-22H,3,14H2,1-2H3,(H,26,31)/t21-,22+/m1/s1. The Morgan fingerprint density at radius 3 is 2.81 bits per heavy atom. The van der Waals surface area contributed by atoms with Crippen LogP contribution in [-0.4, -0.2) is 38.7 Å². The molecule has 1 saturated heterocycles. The largest absolute Gasteiger partial charge is 0.465 e. The zero-order valence-electron chi connectivity index (χ0n) is 17.3. The van der Waals surface area contributed by atoms with E-state index >= 15 is 0 Å². The van der Waals surface area contributed by atoms with Crippen LogP contribution in [0, 0.1) is 6.92 Å². The highest BCUT2D eigenvalue weighted by molar-refractivity contribution is 7.80. The van der Waals surface area contributed by atoms with Crippen molar-refractivity contribution in [1.29, 1.82) is 0 Å². The quantitative estimate of drug-likeness (QED) is 0.441. The lowest BCUT2D eigenvalue weighted by molar-refractivity contribution is -0.143. The summed E-state index contributed by atoms with van der Waals surface area (Å²) in [5.74, 6) is -0.321. The number of hydrogen-bond acceptors (Lipinski definition) is 4. The molecule has 0 radical (unpaired) electrons. The molecular weight excluding hydrogens is 432 g/mol. The van der Waals surface area contributed by atoms with Crippen LogP contribution in [0.5, 0.6) is 0 Å². The first-order chi connectivity index (χ1) is 15.0. The molecule has 2 aromatic heterocycles. The number of esters is 1. The summed E-state index contributed by atoms with van der Waals surface area (Å²) in [5, 5.41) is 4.57. The van der Waals surface area contributed by atoms with Gasteiger partial charge < -0.3 is 19.5 Å².